The lowest BCUT2D eigenvalue weighted by atomic mass is 10.6. The zero-order chi connectivity index (χ0) is 6.78. The molecule has 0 aromatic rings. The van der Waals surface area contributed by atoms with Crippen molar-refractivity contribution in [1.82, 2.24) is 0 Å². The largest absolute Gasteiger partial charge is 0.178 e. The molecule has 0 aromatic carbocycles. The predicted molar refractivity (Wildman–Crippen MR) is 42.8 cm³/mol. The number of hydrogen-bond acceptors (Lipinski definition) is 0. The highest BCUT2D eigenvalue weighted by Gasteiger charge is 2.23. The number of rotatable bonds is 2. The van der Waals surface area contributed by atoms with Gasteiger partial charge in [0, 0.05) is 0 Å². The average Bonchev–Trinajstić information content (AvgIpc) is 1.67. The van der Waals surface area contributed by atoms with Gasteiger partial charge in [0.2, 0.25) is 0 Å². The maximum absolute atomic E-state index is 6.08. The minimum Gasteiger partial charge on any atom is -0.162 e. The molecule has 0 aliphatic heterocycles. The molecular formula is C6H13ClSi. The first-order valence-corrected chi connectivity index (χ1v) is 6.50. The Bertz CT molecular complexity index is 86.5. The third-order valence-electron chi connectivity index (χ3n) is 1.53. The van der Waals surface area contributed by atoms with Crippen LogP contribution in [0.25, 0.3) is 0 Å². The van der Waals surface area contributed by atoms with E-state index in [9.17, 15) is 0 Å². The normalized spacial score (nSPS) is 18.1. The van der Waals surface area contributed by atoms with Crippen LogP contribution in [0.2, 0.25) is 12.1 Å². The van der Waals surface area contributed by atoms with Crippen LogP contribution in [0.15, 0.2) is 12.3 Å². The molecule has 0 fully saturated rings. The highest BCUT2D eigenvalue weighted by Crippen LogP contribution is 2.24. The lowest BCUT2D eigenvalue weighted by Gasteiger charge is -2.17. The second-order valence-corrected chi connectivity index (χ2v) is 8.82. The van der Waals surface area contributed by atoms with Gasteiger partial charge in [-0.25, -0.2) is 0 Å². The Balaban J connectivity index is 3.90. The van der Waals surface area contributed by atoms with Crippen LogP contribution in [0.4, 0.5) is 0 Å². The van der Waals surface area contributed by atoms with E-state index in [-0.39, 0.29) is 0 Å². The highest BCUT2D eigenvalue weighted by molar-refractivity contribution is 7.23. The molecule has 1 unspecified atom stereocenters. The van der Waals surface area contributed by atoms with Gasteiger partial charge in [-0.2, -0.15) is 11.1 Å². The van der Waals surface area contributed by atoms with E-state index in [0.717, 1.165) is 0 Å². The van der Waals surface area contributed by atoms with Gasteiger partial charge in [0.25, 0.3) is 0 Å². The fraction of sp³-hybridized carbons (Fsp3) is 0.667. The minimum absolute atomic E-state index is 0.599. The van der Waals surface area contributed by atoms with E-state index < -0.39 is 7.38 Å². The van der Waals surface area contributed by atoms with E-state index >= 15 is 0 Å². The van der Waals surface area contributed by atoms with Crippen molar-refractivity contribution >= 4 is 18.5 Å². The Labute approximate surface area is 57.3 Å². The van der Waals surface area contributed by atoms with E-state index in [0.29, 0.717) is 5.54 Å². The summed E-state index contributed by atoms with van der Waals surface area (Å²) in [6.07, 6.45) is 0. The SMILES string of the molecule is C=C[Si](C)(Cl)C(C)C. The van der Waals surface area contributed by atoms with Gasteiger partial charge < -0.3 is 0 Å². The van der Waals surface area contributed by atoms with Crippen LogP contribution in [-0.2, 0) is 0 Å². The van der Waals surface area contributed by atoms with Crippen LogP contribution >= 0.6 is 11.1 Å². The van der Waals surface area contributed by atoms with Gasteiger partial charge in [0.15, 0.2) is 7.38 Å². The molecule has 0 rings (SSSR count). The van der Waals surface area contributed by atoms with Crippen molar-refractivity contribution in [2.45, 2.75) is 25.9 Å². The molecule has 0 aromatic heterocycles. The first kappa shape index (κ1) is 8.25. The molecule has 0 heterocycles. The van der Waals surface area contributed by atoms with Crippen molar-refractivity contribution in [3.05, 3.63) is 12.3 Å². The molecule has 0 amide bonds. The van der Waals surface area contributed by atoms with Gasteiger partial charge >= 0.3 is 0 Å². The van der Waals surface area contributed by atoms with Crippen LogP contribution in [0, 0.1) is 0 Å². The summed E-state index contributed by atoms with van der Waals surface area (Å²) < 4.78 is 0. The second kappa shape index (κ2) is 2.69. The minimum atomic E-state index is -1.52. The highest BCUT2D eigenvalue weighted by atomic mass is 35.6. The summed E-state index contributed by atoms with van der Waals surface area (Å²) in [6.45, 7) is 10.1. The van der Waals surface area contributed by atoms with Crippen molar-refractivity contribution in [2.75, 3.05) is 0 Å². The third-order valence-corrected chi connectivity index (χ3v) is 6.36. The lowest BCUT2D eigenvalue weighted by Crippen LogP contribution is -2.22. The first-order chi connectivity index (χ1) is 3.50. The van der Waals surface area contributed by atoms with Crippen molar-refractivity contribution in [3.63, 3.8) is 0 Å². The quantitative estimate of drug-likeness (QED) is 0.417. The summed E-state index contributed by atoms with van der Waals surface area (Å²) >= 11 is 6.08. The molecule has 2 heteroatoms. The summed E-state index contributed by atoms with van der Waals surface area (Å²) in [6, 6.07) is 0. The summed E-state index contributed by atoms with van der Waals surface area (Å²) in [5.74, 6) is 0. The second-order valence-electron chi connectivity index (χ2n) is 2.51. The molecule has 0 bridgehead atoms. The monoisotopic (exact) mass is 148 g/mol. The summed E-state index contributed by atoms with van der Waals surface area (Å²) in [4.78, 5) is 0. The number of hydrogen-bond donors (Lipinski definition) is 0. The van der Waals surface area contributed by atoms with Crippen molar-refractivity contribution in [1.29, 1.82) is 0 Å². The molecule has 48 valence electrons. The van der Waals surface area contributed by atoms with Crippen LogP contribution in [0.3, 0.4) is 0 Å². The van der Waals surface area contributed by atoms with Gasteiger partial charge in [0.1, 0.15) is 0 Å². The van der Waals surface area contributed by atoms with Gasteiger partial charge in [-0.3, -0.25) is 0 Å². The van der Waals surface area contributed by atoms with Crippen molar-refractivity contribution in [2.24, 2.45) is 0 Å². The zero-order valence-corrected chi connectivity index (χ0v) is 7.50. The summed E-state index contributed by atoms with van der Waals surface area (Å²) in [7, 11) is -1.52. The van der Waals surface area contributed by atoms with Crippen LogP contribution < -0.4 is 0 Å². The zero-order valence-electron chi connectivity index (χ0n) is 5.74. The average molecular weight is 149 g/mol. The topological polar surface area (TPSA) is 0 Å². The Hall–Kier alpha value is 0.247. The Morgan fingerprint density at radius 1 is 1.62 bits per heavy atom. The van der Waals surface area contributed by atoms with Gasteiger partial charge in [0.05, 0.1) is 0 Å². The Morgan fingerprint density at radius 3 is 2.00 bits per heavy atom. The Kier molecular flexibility index (Phi) is 2.78. The first-order valence-electron chi connectivity index (χ1n) is 2.83. The molecule has 0 saturated carbocycles. The fourth-order valence-electron chi connectivity index (χ4n) is 0.236. The molecule has 0 nitrogen and oxygen atoms in total. The molecule has 0 radical (unpaired) electrons. The van der Waals surface area contributed by atoms with E-state index in [2.05, 4.69) is 27.0 Å². The summed E-state index contributed by atoms with van der Waals surface area (Å²) in [5, 5.41) is 0. The van der Waals surface area contributed by atoms with Gasteiger partial charge in [-0.15, -0.1) is 6.58 Å². The standard InChI is InChI=1S/C6H13ClSi/c1-5-8(4,7)6(2)3/h5-6H,1H2,2-4H3. The molecule has 0 aliphatic carbocycles. The maximum atomic E-state index is 6.08. The molecule has 0 saturated heterocycles. The molecule has 8 heavy (non-hydrogen) atoms. The predicted octanol–water partition coefficient (Wildman–Crippen LogP) is 2.94. The molecule has 0 spiro atoms. The molecular weight excluding hydrogens is 136 g/mol. The Morgan fingerprint density at radius 2 is 2.00 bits per heavy atom. The van der Waals surface area contributed by atoms with Gasteiger partial charge in [-0.1, -0.05) is 26.1 Å². The van der Waals surface area contributed by atoms with Crippen molar-refractivity contribution in [3.8, 4) is 0 Å². The van der Waals surface area contributed by atoms with E-state index in [1.807, 2.05) is 5.70 Å². The maximum Gasteiger partial charge on any atom is 0.178 e. The molecule has 1 atom stereocenters. The van der Waals surface area contributed by atoms with Crippen LogP contribution in [0.5, 0.6) is 0 Å². The van der Waals surface area contributed by atoms with E-state index in [1.54, 1.807) is 0 Å². The van der Waals surface area contributed by atoms with Crippen LogP contribution in [0.1, 0.15) is 13.8 Å². The number of halogens is 1. The smallest absolute Gasteiger partial charge is 0.162 e. The van der Waals surface area contributed by atoms with Gasteiger partial charge in [-0.05, 0) is 5.54 Å². The lowest BCUT2D eigenvalue weighted by molar-refractivity contribution is 1.04. The molecule has 0 N–H and O–H groups in total. The molecule has 0 aliphatic rings. The van der Waals surface area contributed by atoms with Crippen molar-refractivity contribution < 1.29 is 0 Å². The van der Waals surface area contributed by atoms with E-state index in [1.165, 1.54) is 0 Å². The third kappa shape index (κ3) is 2.01. The fourth-order valence-corrected chi connectivity index (χ4v) is 0.707. The van der Waals surface area contributed by atoms with Crippen LogP contribution in [-0.4, -0.2) is 7.38 Å². The van der Waals surface area contributed by atoms with E-state index in [4.69, 9.17) is 11.1 Å². The summed E-state index contributed by atoms with van der Waals surface area (Å²) in [5.41, 5.74) is 2.51.